The molecule has 2 N–H and O–H groups in total. The second-order valence-electron chi connectivity index (χ2n) is 6.87. The molecule has 1 aromatic heterocycles. The normalized spacial score (nSPS) is 12.1. The average Bonchev–Trinajstić information content (AvgIpc) is 2.77. The highest BCUT2D eigenvalue weighted by molar-refractivity contribution is 6.17. The molecule has 1 heterocycles. The highest BCUT2D eigenvalue weighted by atomic mass is 14.7. The second-order valence-corrected chi connectivity index (χ2v) is 6.87. The van der Waals surface area contributed by atoms with Crippen molar-refractivity contribution < 1.29 is 0 Å². The Morgan fingerprint density at radius 1 is 0.643 bits per heavy atom. The summed E-state index contributed by atoms with van der Waals surface area (Å²) in [5, 5.41) is 14.1. The maximum atomic E-state index is 8.54. The molecule has 3 nitrogen and oxygen atoms in total. The van der Waals surface area contributed by atoms with Crippen LogP contribution in [0, 0.1) is 5.41 Å². The lowest BCUT2D eigenvalue weighted by Gasteiger charge is -2.16. The van der Waals surface area contributed by atoms with Gasteiger partial charge in [-0.25, -0.2) is 0 Å². The van der Waals surface area contributed by atoms with E-state index < -0.39 is 0 Å². The summed E-state index contributed by atoms with van der Waals surface area (Å²) in [7, 11) is 1.79. The van der Waals surface area contributed by atoms with E-state index in [9.17, 15) is 0 Å². The van der Waals surface area contributed by atoms with E-state index in [0.29, 0.717) is 5.36 Å². The molecule has 0 amide bonds. The van der Waals surface area contributed by atoms with Crippen molar-refractivity contribution in [3.8, 4) is 22.5 Å². The lowest BCUT2D eigenvalue weighted by atomic mass is 9.93. The fourth-order valence-corrected chi connectivity index (χ4v) is 4.01. The number of pyridine rings is 1. The molecule has 0 bridgehead atoms. The fourth-order valence-electron chi connectivity index (χ4n) is 4.01. The first-order valence-corrected chi connectivity index (χ1v) is 9.31. The number of aromatic nitrogens is 1. The van der Waals surface area contributed by atoms with Gasteiger partial charge in [0.25, 0.3) is 0 Å². The molecule has 0 saturated carbocycles. The van der Waals surface area contributed by atoms with E-state index in [-0.39, 0.29) is 0 Å². The third kappa shape index (κ3) is 2.44. The zero-order chi connectivity index (χ0) is 19.1. The monoisotopic (exact) mass is 361 g/mol. The van der Waals surface area contributed by atoms with Gasteiger partial charge in [-0.2, -0.15) is 0 Å². The SMILES string of the molecule is CN=c1ccc2c(-c3ccccc3)[nH]c(-c3ccccc3)c3ccc(=N)c1c32. The Morgan fingerprint density at radius 3 is 1.71 bits per heavy atom. The zero-order valence-electron chi connectivity index (χ0n) is 15.5. The lowest BCUT2D eigenvalue weighted by molar-refractivity contribution is 1.25. The third-order valence-electron chi connectivity index (χ3n) is 5.29. The molecular weight excluding hydrogens is 342 g/mol. The molecule has 0 saturated heterocycles. The predicted molar refractivity (Wildman–Crippen MR) is 115 cm³/mol. The summed E-state index contributed by atoms with van der Waals surface area (Å²) in [6.45, 7) is 0. The quantitative estimate of drug-likeness (QED) is 0.439. The minimum absolute atomic E-state index is 0.503. The van der Waals surface area contributed by atoms with Crippen molar-refractivity contribution in [2.75, 3.05) is 7.05 Å². The van der Waals surface area contributed by atoms with E-state index in [2.05, 4.69) is 64.6 Å². The van der Waals surface area contributed by atoms with E-state index in [4.69, 9.17) is 5.41 Å². The molecule has 4 aromatic carbocycles. The van der Waals surface area contributed by atoms with Crippen molar-refractivity contribution in [1.82, 2.24) is 4.98 Å². The Bertz CT molecular complexity index is 1360. The first kappa shape index (κ1) is 16.5. The average molecular weight is 361 g/mol. The number of benzene rings is 4. The van der Waals surface area contributed by atoms with Crippen LogP contribution in [0.2, 0.25) is 0 Å². The minimum atomic E-state index is 0.503. The molecule has 134 valence electrons. The van der Waals surface area contributed by atoms with Crippen LogP contribution < -0.4 is 10.7 Å². The van der Waals surface area contributed by atoms with Gasteiger partial charge in [-0.05, 0) is 23.3 Å². The lowest BCUT2D eigenvalue weighted by Crippen LogP contribution is -2.14. The van der Waals surface area contributed by atoms with Gasteiger partial charge in [0.05, 0.1) is 22.1 Å². The minimum Gasteiger partial charge on any atom is -0.354 e. The molecular formula is C25H19N3. The number of rotatable bonds is 2. The van der Waals surface area contributed by atoms with Crippen LogP contribution in [0.4, 0.5) is 0 Å². The van der Waals surface area contributed by atoms with Crippen LogP contribution in [-0.4, -0.2) is 12.0 Å². The number of aromatic amines is 1. The van der Waals surface area contributed by atoms with Gasteiger partial charge in [-0.1, -0.05) is 72.8 Å². The molecule has 0 aliphatic heterocycles. The highest BCUT2D eigenvalue weighted by Gasteiger charge is 2.15. The van der Waals surface area contributed by atoms with E-state index >= 15 is 0 Å². The van der Waals surface area contributed by atoms with Crippen LogP contribution in [0.3, 0.4) is 0 Å². The van der Waals surface area contributed by atoms with E-state index in [1.165, 1.54) is 0 Å². The molecule has 0 atom stereocenters. The number of nitrogens with one attached hydrogen (secondary N) is 2. The van der Waals surface area contributed by atoms with Crippen molar-refractivity contribution >= 4 is 21.5 Å². The van der Waals surface area contributed by atoms with Crippen LogP contribution >= 0.6 is 0 Å². The summed E-state index contributed by atoms with van der Waals surface area (Å²) < 4.78 is 0. The number of hydrogen-bond acceptors (Lipinski definition) is 2. The van der Waals surface area contributed by atoms with Crippen LogP contribution in [0.25, 0.3) is 44.1 Å². The Balaban J connectivity index is 2.05. The summed E-state index contributed by atoms with van der Waals surface area (Å²) in [6.07, 6.45) is 0. The summed E-state index contributed by atoms with van der Waals surface area (Å²) in [6, 6.07) is 28.8. The molecule has 5 aromatic rings. The van der Waals surface area contributed by atoms with Gasteiger partial charge in [0.2, 0.25) is 0 Å². The van der Waals surface area contributed by atoms with Crippen molar-refractivity contribution in [3.63, 3.8) is 0 Å². The molecule has 28 heavy (non-hydrogen) atoms. The summed E-state index contributed by atoms with van der Waals surface area (Å²) in [5.41, 5.74) is 4.37. The maximum Gasteiger partial charge on any atom is 0.0671 e. The third-order valence-corrected chi connectivity index (χ3v) is 5.29. The Labute approximate surface area is 162 Å². The fraction of sp³-hybridized carbons (Fsp3) is 0.0400. The predicted octanol–water partition coefficient (Wildman–Crippen LogP) is 5.10. The number of nitrogens with zero attached hydrogens (tertiary/aromatic N) is 1. The van der Waals surface area contributed by atoms with Gasteiger partial charge in [-0.3, -0.25) is 4.99 Å². The largest absolute Gasteiger partial charge is 0.354 e. The van der Waals surface area contributed by atoms with Crippen molar-refractivity contribution in [2.24, 2.45) is 4.99 Å². The first-order chi connectivity index (χ1) is 13.8. The Morgan fingerprint density at radius 2 is 1.18 bits per heavy atom. The first-order valence-electron chi connectivity index (χ1n) is 9.31. The smallest absolute Gasteiger partial charge is 0.0671 e. The standard InChI is InChI=1S/C25H19N3/c1-27-21-15-13-19-22-18(12-14-20(26)23(21)22)24(16-8-4-2-5-9-16)28-25(19)17-10-6-3-7-11-17/h2-15,26,28H,1H3. The van der Waals surface area contributed by atoms with Crippen LogP contribution in [0.5, 0.6) is 0 Å². The van der Waals surface area contributed by atoms with Crippen LogP contribution in [-0.2, 0) is 0 Å². The molecule has 0 spiro atoms. The number of H-pyrrole nitrogens is 1. The molecule has 5 rings (SSSR count). The Hall–Kier alpha value is -3.72. The molecule has 0 fully saturated rings. The van der Waals surface area contributed by atoms with Gasteiger partial charge in [0.1, 0.15) is 0 Å². The van der Waals surface area contributed by atoms with E-state index in [1.54, 1.807) is 7.05 Å². The van der Waals surface area contributed by atoms with Crippen molar-refractivity contribution in [1.29, 1.82) is 5.41 Å². The summed E-state index contributed by atoms with van der Waals surface area (Å²) >= 11 is 0. The van der Waals surface area contributed by atoms with Gasteiger partial charge >= 0.3 is 0 Å². The molecule has 0 aliphatic carbocycles. The van der Waals surface area contributed by atoms with E-state index in [0.717, 1.165) is 49.4 Å². The molecule has 3 heteroatoms. The summed E-state index contributed by atoms with van der Waals surface area (Å²) in [5.74, 6) is 0. The second kappa shape index (κ2) is 6.46. The van der Waals surface area contributed by atoms with Gasteiger partial charge in [-0.15, -0.1) is 0 Å². The molecule has 0 radical (unpaired) electrons. The van der Waals surface area contributed by atoms with E-state index in [1.807, 2.05) is 30.3 Å². The van der Waals surface area contributed by atoms with Gasteiger partial charge in [0.15, 0.2) is 0 Å². The highest BCUT2D eigenvalue weighted by Crippen LogP contribution is 2.36. The Kier molecular flexibility index (Phi) is 3.80. The molecule has 0 aliphatic rings. The van der Waals surface area contributed by atoms with Crippen molar-refractivity contribution in [2.45, 2.75) is 0 Å². The zero-order valence-corrected chi connectivity index (χ0v) is 15.5. The number of hydrogen-bond donors (Lipinski definition) is 2. The van der Waals surface area contributed by atoms with Crippen molar-refractivity contribution in [3.05, 3.63) is 95.6 Å². The van der Waals surface area contributed by atoms with Crippen LogP contribution in [0.1, 0.15) is 0 Å². The van der Waals surface area contributed by atoms with Gasteiger partial charge in [0, 0.05) is 28.6 Å². The molecule has 0 unspecified atom stereocenters. The van der Waals surface area contributed by atoms with Gasteiger partial charge < -0.3 is 10.4 Å². The maximum absolute atomic E-state index is 8.54. The topological polar surface area (TPSA) is 52.0 Å². The summed E-state index contributed by atoms with van der Waals surface area (Å²) in [4.78, 5) is 8.14. The van der Waals surface area contributed by atoms with Crippen LogP contribution in [0.15, 0.2) is 89.9 Å².